The van der Waals surface area contributed by atoms with Gasteiger partial charge in [-0.1, -0.05) is 126 Å². The maximum atomic E-state index is 14.4. The molecule has 47 heavy (non-hydrogen) atoms. The number of aliphatic hydroxyl groups excluding tert-OH is 1. The van der Waals surface area contributed by atoms with Crippen LogP contribution in [0.15, 0.2) is 89.7 Å². The number of piperidine rings is 1. The lowest BCUT2D eigenvalue weighted by molar-refractivity contribution is 0.0646. The van der Waals surface area contributed by atoms with Crippen LogP contribution in [0, 0.1) is 11.8 Å². The molecule has 1 N–H and O–H groups in total. The number of fused-ring (bicyclic) bond motifs is 1. The van der Waals surface area contributed by atoms with Crippen LogP contribution in [0.5, 0.6) is 0 Å². The first-order chi connectivity index (χ1) is 22.8. The van der Waals surface area contributed by atoms with Gasteiger partial charge >= 0.3 is 5.69 Å². The predicted octanol–water partition coefficient (Wildman–Crippen LogP) is 6.60. The largest absolute Gasteiger partial charge is 0.406 e. The highest BCUT2D eigenvalue weighted by molar-refractivity contribution is 6.99. The SMILES string of the molecule is CC(C)(C)[Si](OCCn1c(=O)n(C2CCN(CC3CCCCCCC3)CC2CO)c2ccccc21)(c1ccccc1)c1ccccc1. The summed E-state index contributed by atoms with van der Waals surface area (Å²) in [5.74, 6) is 0.786. The Labute approximate surface area is 282 Å². The Morgan fingerprint density at radius 3 is 1.96 bits per heavy atom. The molecule has 2 atom stereocenters. The molecule has 2 aliphatic rings. The summed E-state index contributed by atoms with van der Waals surface area (Å²) in [5.41, 5.74) is 1.91. The zero-order valence-corrected chi connectivity index (χ0v) is 29.8. The number of hydrogen-bond donors (Lipinski definition) is 1. The standard InChI is InChI=1S/C40H55N3O3Si/c1-40(2,3)47(34-19-11-7-12-20-34,35-21-13-8-14-22-35)46-28-27-42-37-23-15-16-24-38(37)43(39(42)45)36-25-26-41(30-33(36)31-44)29-32-17-9-5-4-6-10-18-32/h7-8,11-16,19-24,32-33,36,44H,4-6,9-10,17-18,25-31H2,1-3H3. The molecule has 2 fully saturated rings. The Bertz CT molecular complexity index is 1580. The van der Waals surface area contributed by atoms with Gasteiger partial charge in [0.25, 0.3) is 8.32 Å². The van der Waals surface area contributed by atoms with Gasteiger partial charge in [-0.25, -0.2) is 4.79 Å². The number of para-hydroxylation sites is 2. The summed E-state index contributed by atoms with van der Waals surface area (Å²) < 4.78 is 11.1. The number of imidazole rings is 1. The Morgan fingerprint density at radius 1 is 0.787 bits per heavy atom. The van der Waals surface area contributed by atoms with E-state index in [4.69, 9.17) is 4.43 Å². The van der Waals surface area contributed by atoms with Gasteiger partial charge in [0.15, 0.2) is 0 Å². The lowest BCUT2D eigenvalue weighted by Crippen LogP contribution is -2.66. The summed E-state index contributed by atoms with van der Waals surface area (Å²) in [6.07, 6.45) is 10.3. The minimum atomic E-state index is -2.72. The number of nitrogens with zero attached hydrogens (tertiary/aromatic N) is 3. The van der Waals surface area contributed by atoms with E-state index >= 15 is 0 Å². The minimum absolute atomic E-state index is 0.00849. The van der Waals surface area contributed by atoms with Crippen LogP contribution < -0.4 is 16.1 Å². The fourth-order valence-corrected chi connectivity index (χ4v) is 13.2. The molecular weight excluding hydrogens is 599 g/mol. The van der Waals surface area contributed by atoms with Gasteiger partial charge in [0.2, 0.25) is 0 Å². The van der Waals surface area contributed by atoms with Gasteiger partial charge in [-0.05, 0) is 52.7 Å². The number of aromatic nitrogens is 2. The lowest BCUT2D eigenvalue weighted by Gasteiger charge is -2.43. The van der Waals surface area contributed by atoms with E-state index in [2.05, 4.69) is 98.5 Å². The van der Waals surface area contributed by atoms with Gasteiger partial charge in [-0.3, -0.25) is 9.13 Å². The quantitative estimate of drug-likeness (QED) is 0.196. The maximum absolute atomic E-state index is 14.4. The summed E-state index contributed by atoms with van der Waals surface area (Å²) in [6, 6.07) is 29.5. The first-order valence-corrected chi connectivity index (χ1v) is 20.0. The molecule has 6 nitrogen and oxygen atoms in total. The first-order valence-electron chi connectivity index (χ1n) is 18.1. The zero-order chi connectivity index (χ0) is 32.9. The van der Waals surface area contributed by atoms with Crippen molar-refractivity contribution in [1.29, 1.82) is 0 Å². The van der Waals surface area contributed by atoms with Crippen molar-refractivity contribution in [3.63, 3.8) is 0 Å². The fraction of sp³-hybridized carbons (Fsp3) is 0.525. The molecule has 1 aromatic heterocycles. The summed E-state index contributed by atoms with van der Waals surface area (Å²) in [6.45, 7) is 10.8. The van der Waals surface area contributed by atoms with Crippen molar-refractivity contribution < 1.29 is 9.53 Å². The fourth-order valence-electron chi connectivity index (χ4n) is 8.69. The number of benzene rings is 3. The second kappa shape index (κ2) is 15.1. The van der Waals surface area contributed by atoms with Crippen LogP contribution >= 0.6 is 0 Å². The van der Waals surface area contributed by atoms with E-state index in [1.807, 2.05) is 21.3 Å². The highest BCUT2D eigenvalue weighted by Gasteiger charge is 2.50. The highest BCUT2D eigenvalue weighted by Crippen LogP contribution is 2.37. The number of likely N-dealkylation sites (tertiary alicyclic amines) is 1. The average molecular weight is 654 g/mol. The summed E-state index contributed by atoms with van der Waals surface area (Å²) in [7, 11) is -2.72. The van der Waals surface area contributed by atoms with Crippen molar-refractivity contribution in [3.8, 4) is 0 Å². The average Bonchev–Trinajstić information content (AvgIpc) is 3.35. The Hall–Kier alpha value is -2.97. The van der Waals surface area contributed by atoms with E-state index in [9.17, 15) is 9.90 Å². The summed E-state index contributed by atoms with van der Waals surface area (Å²) in [5, 5.41) is 13.0. The Kier molecular flexibility index (Phi) is 10.9. The number of aliphatic hydroxyl groups is 1. The third-order valence-electron chi connectivity index (χ3n) is 11.0. The van der Waals surface area contributed by atoms with Crippen LogP contribution in [-0.2, 0) is 11.0 Å². The van der Waals surface area contributed by atoms with Crippen molar-refractivity contribution in [1.82, 2.24) is 14.0 Å². The molecule has 7 heteroatoms. The summed E-state index contributed by atoms with van der Waals surface area (Å²) in [4.78, 5) is 17.0. The first kappa shape index (κ1) is 33.9. The molecule has 0 radical (unpaired) electrons. The van der Waals surface area contributed by atoms with Gasteiger partial charge in [-0.2, -0.15) is 0 Å². The van der Waals surface area contributed by atoms with E-state index < -0.39 is 8.32 Å². The van der Waals surface area contributed by atoms with Crippen LogP contribution in [0.3, 0.4) is 0 Å². The maximum Gasteiger partial charge on any atom is 0.329 e. The molecule has 252 valence electrons. The summed E-state index contributed by atoms with van der Waals surface area (Å²) >= 11 is 0. The molecule has 4 aromatic rings. The van der Waals surface area contributed by atoms with Gasteiger partial charge in [0.1, 0.15) is 0 Å². The van der Waals surface area contributed by atoms with E-state index in [-0.39, 0.29) is 29.3 Å². The molecule has 0 amide bonds. The van der Waals surface area contributed by atoms with Crippen LogP contribution in [0.2, 0.25) is 5.04 Å². The van der Waals surface area contributed by atoms with E-state index in [0.29, 0.717) is 13.2 Å². The zero-order valence-electron chi connectivity index (χ0n) is 28.8. The lowest BCUT2D eigenvalue weighted by atomic mass is 9.88. The highest BCUT2D eigenvalue weighted by atomic mass is 28.4. The van der Waals surface area contributed by atoms with Crippen LogP contribution in [0.25, 0.3) is 11.0 Å². The van der Waals surface area contributed by atoms with Gasteiger partial charge in [0, 0.05) is 44.7 Å². The molecule has 1 aliphatic heterocycles. The van der Waals surface area contributed by atoms with Gasteiger partial charge in [0.05, 0.1) is 17.6 Å². The van der Waals surface area contributed by atoms with E-state index in [1.165, 1.54) is 55.3 Å². The molecule has 0 spiro atoms. The van der Waals surface area contributed by atoms with Crippen molar-refractivity contribution in [3.05, 3.63) is 95.4 Å². The van der Waals surface area contributed by atoms with Gasteiger partial charge < -0.3 is 14.4 Å². The Balaban J connectivity index is 1.26. The molecule has 3 aromatic carbocycles. The monoisotopic (exact) mass is 653 g/mol. The second-order valence-electron chi connectivity index (χ2n) is 15.1. The van der Waals surface area contributed by atoms with Crippen molar-refractivity contribution in [2.45, 2.75) is 89.8 Å². The van der Waals surface area contributed by atoms with Crippen LogP contribution in [0.4, 0.5) is 0 Å². The molecule has 6 rings (SSSR count). The molecular formula is C40H55N3O3Si. The van der Waals surface area contributed by atoms with Crippen LogP contribution in [0.1, 0.15) is 78.2 Å². The predicted molar refractivity (Wildman–Crippen MR) is 196 cm³/mol. The Morgan fingerprint density at radius 2 is 1.36 bits per heavy atom. The molecule has 2 unspecified atom stereocenters. The molecule has 0 bridgehead atoms. The van der Waals surface area contributed by atoms with Crippen molar-refractivity contribution in [2.75, 3.05) is 32.8 Å². The number of rotatable bonds is 10. The number of hydrogen-bond acceptors (Lipinski definition) is 4. The molecule has 1 saturated heterocycles. The third kappa shape index (κ3) is 7.10. The molecule has 2 heterocycles. The van der Waals surface area contributed by atoms with Crippen LogP contribution in [-0.4, -0.2) is 60.3 Å². The minimum Gasteiger partial charge on any atom is -0.406 e. The third-order valence-corrected chi connectivity index (χ3v) is 16.0. The van der Waals surface area contributed by atoms with Gasteiger partial charge in [-0.15, -0.1) is 0 Å². The van der Waals surface area contributed by atoms with Crippen molar-refractivity contribution in [2.24, 2.45) is 11.8 Å². The smallest absolute Gasteiger partial charge is 0.329 e. The molecule has 1 aliphatic carbocycles. The topological polar surface area (TPSA) is 59.6 Å². The molecule has 1 saturated carbocycles. The van der Waals surface area contributed by atoms with E-state index in [1.54, 1.807) is 0 Å². The normalized spacial score (nSPS) is 20.7. The second-order valence-corrected chi connectivity index (χ2v) is 19.4. The van der Waals surface area contributed by atoms with Crippen molar-refractivity contribution >= 4 is 29.7 Å². The van der Waals surface area contributed by atoms with E-state index in [0.717, 1.165) is 43.0 Å².